The minimum atomic E-state index is -0.608. The molecule has 34 heavy (non-hydrogen) atoms. The van der Waals surface area contributed by atoms with Crippen molar-refractivity contribution in [3.8, 4) is 11.3 Å². The van der Waals surface area contributed by atoms with Gasteiger partial charge in [-0.2, -0.15) is 5.10 Å². The van der Waals surface area contributed by atoms with Crippen LogP contribution < -0.4 is 10.6 Å². The van der Waals surface area contributed by atoms with Gasteiger partial charge in [0.25, 0.3) is 0 Å². The lowest BCUT2D eigenvalue weighted by Crippen LogP contribution is -2.21. The van der Waals surface area contributed by atoms with Gasteiger partial charge in [-0.25, -0.2) is 0 Å². The summed E-state index contributed by atoms with van der Waals surface area (Å²) < 4.78 is 2.16. The van der Waals surface area contributed by atoms with E-state index in [0.29, 0.717) is 5.92 Å². The average Bonchev–Trinajstić information content (AvgIpc) is 3.50. The third-order valence-corrected chi connectivity index (χ3v) is 9.29. The van der Waals surface area contributed by atoms with Crippen LogP contribution in [-0.2, 0) is 0 Å². The van der Waals surface area contributed by atoms with Gasteiger partial charge in [0.15, 0.2) is 0 Å². The summed E-state index contributed by atoms with van der Waals surface area (Å²) in [6, 6.07) is 28.8. The molecule has 0 amide bonds. The van der Waals surface area contributed by atoms with Gasteiger partial charge >= 0.3 is 0 Å². The zero-order valence-corrected chi connectivity index (χ0v) is 21.2. The van der Waals surface area contributed by atoms with E-state index in [1.54, 1.807) is 0 Å². The Morgan fingerprint density at radius 1 is 0.824 bits per heavy atom. The Morgan fingerprint density at radius 3 is 2.00 bits per heavy atom. The van der Waals surface area contributed by atoms with Gasteiger partial charge in [0.2, 0.25) is 0 Å². The Balaban J connectivity index is 1.49. The van der Waals surface area contributed by atoms with Crippen molar-refractivity contribution < 1.29 is 0 Å². The molecule has 0 bridgehead atoms. The number of aryl methyl sites for hydroxylation is 3. The van der Waals surface area contributed by atoms with Crippen molar-refractivity contribution in [2.75, 3.05) is 0 Å². The number of rotatable bonds is 6. The van der Waals surface area contributed by atoms with Gasteiger partial charge in [-0.05, 0) is 68.7 Å². The summed E-state index contributed by atoms with van der Waals surface area (Å²) in [5.41, 5.74) is 6.18. The van der Waals surface area contributed by atoms with Crippen molar-refractivity contribution in [3.63, 3.8) is 0 Å². The largest absolute Gasteiger partial charge is 0.268 e. The quantitative estimate of drug-likeness (QED) is 0.276. The number of nitrogens with zero attached hydrogens (tertiary/aromatic N) is 2. The Hall–Kier alpha value is -3.22. The highest BCUT2D eigenvalue weighted by Crippen LogP contribution is 2.51. The molecule has 1 unspecified atom stereocenters. The minimum Gasteiger partial charge on any atom is -0.268 e. The van der Waals surface area contributed by atoms with Gasteiger partial charge in [0, 0.05) is 17.7 Å². The summed E-state index contributed by atoms with van der Waals surface area (Å²) in [6.07, 6.45) is 9.07. The van der Waals surface area contributed by atoms with Gasteiger partial charge in [0.1, 0.15) is 0 Å². The smallest absolute Gasteiger partial charge is 0.0928 e. The van der Waals surface area contributed by atoms with E-state index in [4.69, 9.17) is 5.10 Å². The highest BCUT2D eigenvalue weighted by Gasteiger charge is 2.30. The van der Waals surface area contributed by atoms with Crippen LogP contribution in [0.1, 0.15) is 29.7 Å². The molecule has 1 heterocycles. The van der Waals surface area contributed by atoms with Gasteiger partial charge in [-0.1, -0.05) is 96.6 Å². The lowest BCUT2D eigenvalue weighted by Gasteiger charge is -2.29. The predicted molar refractivity (Wildman–Crippen MR) is 146 cm³/mol. The zero-order valence-electron chi connectivity index (χ0n) is 20.3. The Labute approximate surface area is 204 Å². The second-order valence-corrected chi connectivity index (χ2v) is 11.4. The van der Waals surface area contributed by atoms with E-state index in [-0.39, 0.29) is 6.04 Å². The molecule has 2 atom stereocenters. The average molecular weight is 463 g/mol. The summed E-state index contributed by atoms with van der Waals surface area (Å²) in [7, 11) is -0.608. The first kappa shape index (κ1) is 22.6. The molecule has 0 saturated carbocycles. The normalized spacial score (nSPS) is 16.1. The van der Waals surface area contributed by atoms with Crippen LogP contribution in [0.2, 0.25) is 0 Å². The summed E-state index contributed by atoms with van der Waals surface area (Å²) in [4.78, 5) is 0. The van der Waals surface area contributed by atoms with E-state index >= 15 is 0 Å². The highest BCUT2D eigenvalue weighted by atomic mass is 31.1. The van der Waals surface area contributed by atoms with E-state index < -0.39 is 7.92 Å². The van der Waals surface area contributed by atoms with Crippen LogP contribution in [0.15, 0.2) is 109 Å². The first-order valence-electron chi connectivity index (χ1n) is 11.9. The number of allylic oxidation sites excluding steroid dienone is 4. The first-order chi connectivity index (χ1) is 16.5. The van der Waals surface area contributed by atoms with E-state index in [1.165, 1.54) is 38.2 Å². The molecular weight excluding hydrogens is 431 g/mol. The number of hydrogen-bond acceptors (Lipinski definition) is 1. The van der Waals surface area contributed by atoms with Crippen molar-refractivity contribution in [3.05, 3.63) is 125 Å². The molecule has 0 fully saturated rings. The van der Waals surface area contributed by atoms with Crippen LogP contribution in [0.25, 0.3) is 11.3 Å². The van der Waals surface area contributed by atoms with Crippen molar-refractivity contribution in [2.24, 2.45) is 5.92 Å². The molecule has 170 valence electrons. The van der Waals surface area contributed by atoms with Crippen molar-refractivity contribution >= 4 is 18.5 Å². The van der Waals surface area contributed by atoms with Gasteiger partial charge in [-0.15, -0.1) is 0 Å². The SMILES string of the molecule is Cc1cc(C)c(-c2ccn([C@@H](C)C3C=CC=C3P(c3ccccc3)c3ccccc3)n2)c(C)c1. The lowest BCUT2D eigenvalue weighted by atomic mass is 9.98. The number of aromatic nitrogens is 2. The highest BCUT2D eigenvalue weighted by molar-refractivity contribution is 7.76. The molecule has 1 aromatic heterocycles. The summed E-state index contributed by atoms with van der Waals surface area (Å²) in [6.45, 7) is 8.82. The fraction of sp³-hybridized carbons (Fsp3) is 0.194. The van der Waals surface area contributed by atoms with Crippen LogP contribution in [-0.4, -0.2) is 9.78 Å². The molecule has 3 heteroatoms. The zero-order chi connectivity index (χ0) is 23.7. The second kappa shape index (κ2) is 9.57. The van der Waals surface area contributed by atoms with Crippen LogP contribution in [0.3, 0.4) is 0 Å². The second-order valence-electron chi connectivity index (χ2n) is 9.20. The van der Waals surface area contributed by atoms with E-state index in [1.807, 2.05) is 0 Å². The molecule has 0 radical (unpaired) electrons. The number of benzene rings is 3. The molecule has 0 N–H and O–H groups in total. The molecular formula is C31H31N2P. The molecule has 4 aromatic rings. The van der Waals surface area contributed by atoms with Gasteiger partial charge < -0.3 is 0 Å². The molecule has 0 spiro atoms. The number of hydrogen-bond donors (Lipinski definition) is 0. The minimum absolute atomic E-state index is 0.224. The molecule has 3 aromatic carbocycles. The van der Waals surface area contributed by atoms with Gasteiger partial charge in [-0.3, -0.25) is 4.68 Å². The van der Waals surface area contributed by atoms with Gasteiger partial charge in [0.05, 0.1) is 11.7 Å². The summed E-state index contributed by atoms with van der Waals surface area (Å²) in [5.74, 6) is 0.305. The van der Waals surface area contributed by atoms with Crippen LogP contribution in [0, 0.1) is 26.7 Å². The molecule has 0 saturated heterocycles. The van der Waals surface area contributed by atoms with Crippen molar-refractivity contribution in [1.29, 1.82) is 0 Å². The van der Waals surface area contributed by atoms with E-state index in [9.17, 15) is 0 Å². The van der Waals surface area contributed by atoms with Crippen molar-refractivity contribution in [2.45, 2.75) is 33.7 Å². The summed E-state index contributed by atoms with van der Waals surface area (Å²) >= 11 is 0. The van der Waals surface area contributed by atoms with Crippen LogP contribution >= 0.6 is 7.92 Å². The van der Waals surface area contributed by atoms with Crippen molar-refractivity contribution in [1.82, 2.24) is 9.78 Å². The fourth-order valence-corrected chi connectivity index (χ4v) is 7.83. The Morgan fingerprint density at radius 2 is 1.41 bits per heavy atom. The van der Waals surface area contributed by atoms with E-state index in [2.05, 4.69) is 136 Å². The monoisotopic (exact) mass is 462 g/mol. The molecule has 1 aliphatic rings. The third kappa shape index (κ3) is 4.31. The molecule has 0 aliphatic heterocycles. The maximum absolute atomic E-state index is 5.08. The Bertz CT molecular complexity index is 1290. The fourth-order valence-electron chi connectivity index (χ4n) is 5.16. The topological polar surface area (TPSA) is 17.8 Å². The lowest BCUT2D eigenvalue weighted by molar-refractivity contribution is 0.432. The maximum Gasteiger partial charge on any atom is 0.0928 e. The van der Waals surface area contributed by atoms with Crippen LogP contribution in [0.4, 0.5) is 0 Å². The molecule has 2 nitrogen and oxygen atoms in total. The maximum atomic E-state index is 5.08. The predicted octanol–water partition coefficient (Wildman–Crippen LogP) is 7.24. The third-order valence-electron chi connectivity index (χ3n) is 6.69. The summed E-state index contributed by atoms with van der Waals surface area (Å²) in [5, 5.41) is 9.35. The standard InChI is InChI=1S/C31H31N2P/c1-22-20-23(2)31(24(3)21-22)29-18-19-33(32-29)25(4)28-16-11-17-30(28)34(26-12-7-5-8-13-26)27-14-9-6-10-15-27/h5-21,25,28H,1-4H3/t25-,28?/m0/s1. The Kier molecular flexibility index (Phi) is 6.35. The van der Waals surface area contributed by atoms with E-state index in [0.717, 1.165) is 5.69 Å². The molecule has 5 rings (SSSR count). The van der Waals surface area contributed by atoms with Crippen LogP contribution in [0.5, 0.6) is 0 Å². The molecule has 1 aliphatic carbocycles. The first-order valence-corrected chi connectivity index (χ1v) is 13.3.